The maximum Gasteiger partial charge on any atom is 0.270 e. The SMILES string of the molecule is Cc1nc(NC(=O)c2cncc(C#Cc3c(N)ncc4nc(C)c(C)nc34)c2)no1. The molecule has 0 aliphatic carbocycles. The molecule has 10 nitrogen and oxygen atoms in total. The van der Waals surface area contributed by atoms with Crippen molar-refractivity contribution in [3.63, 3.8) is 0 Å². The smallest absolute Gasteiger partial charge is 0.270 e. The number of hydrogen-bond acceptors (Lipinski definition) is 9. The van der Waals surface area contributed by atoms with Gasteiger partial charge in [-0.1, -0.05) is 11.8 Å². The van der Waals surface area contributed by atoms with E-state index >= 15 is 0 Å². The Morgan fingerprint density at radius 3 is 2.63 bits per heavy atom. The second kappa shape index (κ2) is 7.56. The number of amides is 1. The van der Waals surface area contributed by atoms with Crippen LogP contribution in [0.1, 0.15) is 38.8 Å². The Balaban J connectivity index is 1.67. The highest BCUT2D eigenvalue weighted by Crippen LogP contribution is 2.19. The van der Waals surface area contributed by atoms with Crippen LogP contribution >= 0.6 is 0 Å². The molecule has 1 amide bonds. The van der Waals surface area contributed by atoms with Crippen LogP contribution in [0.25, 0.3) is 11.0 Å². The number of nitrogens with one attached hydrogen (secondary N) is 1. The molecule has 0 unspecified atom stereocenters. The van der Waals surface area contributed by atoms with Crippen molar-refractivity contribution < 1.29 is 9.32 Å². The molecule has 3 N–H and O–H groups in total. The maximum absolute atomic E-state index is 12.4. The third-order valence-corrected chi connectivity index (χ3v) is 4.24. The zero-order chi connectivity index (χ0) is 21.3. The van der Waals surface area contributed by atoms with Gasteiger partial charge in [0.25, 0.3) is 11.9 Å². The summed E-state index contributed by atoms with van der Waals surface area (Å²) in [5.74, 6) is 6.19. The van der Waals surface area contributed by atoms with Gasteiger partial charge in [-0.05, 0) is 25.1 Å². The first kappa shape index (κ1) is 18.9. The van der Waals surface area contributed by atoms with Crippen LogP contribution in [-0.2, 0) is 0 Å². The minimum absolute atomic E-state index is 0.0767. The Bertz CT molecular complexity index is 1350. The third-order valence-electron chi connectivity index (χ3n) is 4.24. The van der Waals surface area contributed by atoms with E-state index < -0.39 is 5.91 Å². The number of carbonyl (C=O) groups is 1. The van der Waals surface area contributed by atoms with Crippen molar-refractivity contribution in [2.24, 2.45) is 0 Å². The van der Waals surface area contributed by atoms with Gasteiger partial charge in [0.05, 0.1) is 28.7 Å². The number of nitrogens with zero attached hydrogens (tertiary/aromatic N) is 6. The molecule has 30 heavy (non-hydrogen) atoms. The Morgan fingerprint density at radius 1 is 1.07 bits per heavy atom. The number of pyridine rings is 2. The van der Waals surface area contributed by atoms with Gasteiger partial charge in [0.2, 0.25) is 5.89 Å². The monoisotopic (exact) mass is 400 g/mol. The van der Waals surface area contributed by atoms with Gasteiger partial charge in [0.15, 0.2) is 0 Å². The van der Waals surface area contributed by atoms with Crippen LogP contribution in [0, 0.1) is 32.6 Å². The second-order valence-electron chi connectivity index (χ2n) is 6.45. The highest BCUT2D eigenvalue weighted by molar-refractivity contribution is 6.03. The molecule has 0 spiro atoms. The van der Waals surface area contributed by atoms with Crippen LogP contribution in [0.2, 0.25) is 0 Å². The molecule has 0 aromatic carbocycles. The summed E-state index contributed by atoms with van der Waals surface area (Å²) in [7, 11) is 0. The Morgan fingerprint density at radius 2 is 1.87 bits per heavy atom. The molecule has 0 atom stereocenters. The predicted molar refractivity (Wildman–Crippen MR) is 108 cm³/mol. The maximum atomic E-state index is 12.4. The number of nitrogens with two attached hydrogens (primary N) is 1. The molecule has 4 heterocycles. The van der Waals surface area contributed by atoms with E-state index in [9.17, 15) is 4.79 Å². The summed E-state index contributed by atoms with van der Waals surface area (Å²) >= 11 is 0. The number of anilines is 2. The number of hydrogen-bond donors (Lipinski definition) is 2. The van der Waals surface area contributed by atoms with Crippen LogP contribution in [-0.4, -0.2) is 36.0 Å². The average Bonchev–Trinajstić information content (AvgIpc) is 3.13. The molecule has 0 radical (unpaired) electrons. The lowest BCUT2D eigenvalue weighted by Crippen LogP contribution is -2.13. The van der Waals surface area contributed by atoms with E-state index in [2.05, 4.69) is 47.2 Å². The van der Waals surface area contributed by atoms with Gasteiger partial charge in [-0.15, -0.1) is 0 Å². The second-order valence-corrected chi connectivity index (χ2v) is 6.45. The van der Waals surface area contributed by atoms with Gasteiger partial charge in [0, 0.05) is 24.9 Å². The molecule has 0 fully saturated rings. The van der Waals surface area contributed by atoms with Crippen LogP contribution in [0.4, 0.5) is 11.8 Å². The summed E-state index contributed by atoms with van der Waals surface area (Å²) in [4.78, 5) is 33.6. The molecule has 0 bridgehead atoms. The van der Waals surface area contributed by atoms with E-state index in [1.165, 1.54) is 12.4 Å². The normalized spacial score (nSPS) is 10.5. The third kappa shape index (κ3) is 3.77. The summed E-state index contributed by atoms with van der Waals surface area (Å²) in [5.41, 5.74) is 10.1. The molecular formula is C20H16N8O2. The quantitative estimate of drug-likeness (QED) is 0.482. The van der Waals surface area contributed by atoms with E-state index in [1.807, 2.05) is 13.8 Å². The number of carbonyl (C=O) groups excluding carboxylic acids is 1. The molecule has 148 valence electrons. The van der Waals surface area contributed by atoms with Gasteiger partial charge in [-0.25, -0.2) is 15.0 Å². The van der Waals surface area contributed by atoms with Gasteiger partial charge >= 0.3 is 0 Å². The number of aryl methyl sites for hydroxylation is 3. The number of aromatic nitrogens is 6. The molecule has 4 aromatic heterocycles. The standard InChI is InChI=1S/C20H16N8O2/c1-10-11(2)25-17-15(18(21)23-9-16(17)24-10)5-4-13-6-14(8-22-7-13)19(29)27-20-26-12(3)30-28-20/h6-9H,1-3H3,(H2,21,23)(H,27,28,29). The summed E-state index contributed by atoms with van der Waals surface area (Å²) in [6, 6.07) is 1.60. The fourth-order valence-corrected chi connectivity index (χ4v) is 2.63. The van der Waals surface area contributed by atoms with Crippen LogP contribution in [0.5, 0.6) is 0 Å². The van der Waals surface area contributed by atoms with Crippen molar-refractivity contribution in [1.29, 1.82) is 0 Å². The Labute approximate surface area is 171 Å². The average molecular weight is 400 g/mol. The molecule has 4 aromatic rings. The molecule has 0 aliphatic heterocycles. The van der Waals surface area contributed by atoms with E-state index in [0.29, 0.717) is 33.6 Å². The van der Waals surface area contributed by atoms with Crippen LogP contribution in [0.15, 0.2) is 29.2 Å². The zero-order valence-corrected chi connectivity index (χ0v) is 16.4. The molecule has 0 saturated carbocycles. The van der Waals surface area contributed by atoms with Crippen molar-refractivity contribution >= 4 is 28.7 Å². The highest BCUT2D eigenvalue weighted by Gasteiger charge is 2.12. The summed E-state index contributed by atoms with van der Waals surface area (Å²) in [6.45, 7) is 5.37. The first-order valence-electron chi connectivity index (χ1n) is 8.89. The molecule has 0 saturated heterocycles. The number of nitrogen functional groups attached to an aromatic ring is 1. The lowest BCUT2D eigenvalue weighted by atomic mass is 10.1. The topological polar surface area (TPSA) is 146 Å². The van der Waals surface area contributed by atoms with Crippen molar-refractivity contribution in [3.8, 4) is 11.8 Å². The predicted octanol–water partition coefficient (Wildman–Crippen LogP) is 1.96. The molecule has 4 rings (SSSR count). The van der Waals surface area contributed by atoms with Gasteiger partial charge < -0.3 is 10.3 Å². The Hall–Kier alpha value is -4.39. The first-order chi connectivity index (χ1) is 14.4. The molecule has 10 heteroatoms. The lowest BCUT2D eigenvalue weighted by Gasteiger charge is -2.05. The van der Waals surface area contributed by atoms with Crippen molar-refractivity contribution in [1.82, 2.24) is 30.1 Å². The van der Waals surface area contributed by atoms with Crippen molar-refractivity contribution in [2.75, 3.05) is 11.1 Å². The zero-order valence-electron chi connectivity index (χ0n) is 16.4. The fraction of sp³-hybridized carbons (Fsp3) is 0.150. The first-order valence-corrected chi connectivity index (χ1v) is 8.89. The van der Waals surface area contributed by atoms with Crippen LogP contribution < -0.4 is 11.1 Å². The lowest BCUT2D eigenvalue weighted by molar-refractivity contribution is 0.102. The van der Waals surface area contributed by atoms with Crippen molar-refractivity contribution in [3.05, 3.63) is 58.6 Å². The van der Waals surface area contributed by atoms with E-state index in [1.54, 1.807) is 19.2 Å². The van der Waals surface area contributed by atoms with Gasteiger partial charge in [-0.3, -0.25) is 15.1 Å². The van der Waals surface area contributed by atoms with Gasteiger partial charge in [-0.2, -0.15) is 4.98 Å². The van der Waals surface area contributed by atoms with Gasteiger partial charge in [0.1, 0.15) is 16.9 Å². The minimum Gasteiger partial charge on any atom is -0.383 e. The highest BCUT2D eigenvalue weighted by atomic mass is 16.5. The summed E-state index contributed by atoms with van der Waals surface area (Å²) in [5, 5.41) is 6.16. The van der Waals surface area contributed by atoms with E-state index in [0.717, 1.165) is 11.4 Å². The van der Waals surface area contributed by atoms with Crippen molar-refractivity contribution in [2.45, 2.75) is 20.8 Å². The summed E-state index contributed by atoms with van der Waals surface area (Å²) in [6.07, 6.45) is 4.53. The Kier molecular flexibility index (Phi) is 4.77. The summed E-state index contributed by atoms with van der Waals surface area (Å²) < 4.78 is 4.83. The molecular weight excluding hydrogens is 384 g/mol. The molecule has 0 aliphatic rings. The number of rotatable bonds is 2. The minimum atomic E-state index is -0.435. The van der Waals surface area contributed by atoms with E-state index in [-0.39, 0.29) is 11.8 Å². The fourth-order valence-electron chi connectivity index (χ4n) is 2.63. The van der Waals surface area contributed by atoms with Crippen LogP contribution in [0.3, 0.4) is 0 Å². The van der Waals surface area contributed by atoms with E-state index in [4.69, 9.17) is 10.3 Å². The largest absolute Gasteiger partial charge is 0.383 e. The number of fused-ring (bicyclic) bond motifs is 1.